The molecule has 142 valence electrons. The molecule has 0 atom stereocenters. The number of nitrogens with one attached hydrogen (secondary N) is 1. The van der Waals surface area contributed by atoms with Gasteiger partial charge in [0.2, 0.25) is 0 Å². The van der Waals surface area contributed by atoms with Gasteiger partial charge in [0.05, 0.1) is 0 Å². The molecule has 1 nitrogen and oxygen atoms in total. The molecule has 1 aromatic rings. The van der Waals surface area contributed by atoms with Crippen molar-refractivity contribution in [2.24, 2.45) is 0 Å². The zero-order valence-corrected chi connectivity index (χ0v) is 17.5. The molecule has 0 saturated carbocycles. The molecule has 1 aromatic carbocycles. The van der Waals surface area contributed by atoms with E-state index in [2.05, 4.69) is 57.8 Å². The van der Waals surface area contributed by atoms with Crippen LogP contribution in [0.1, 0.15) is 90.7 Å². The summed E-state index contributed by atoms with van der Waals surface area (Å²) in [5, 5.41) is 3.34. The summed E-state index contributed by atoms with van der Waals surface area (Å²) < 4.78 is 0. The van der Waals surface area contributed by atoms with Gasteiger partial charge in [0.1, 0.15) is 0 Å². The molecule has 0 aliphatic heterocycles. The molecule has 1 heteroatoms. The molecule has 0 saturated heterocycles. The normalized spacial score (nSPS) is 10.4. The Bertz CT molecular complexity index is 481. The lowest BCUT2D eigenvalue weighted by Gasteiger charge is -2.12. The molecule has 1 N–H and O–H groups in total. The van der Waals surface area contributed by atoms with Gasteiger partial charge in [0.25, 0.3) is 0 Å². The Balaban J connectivity index is 0.000000823. The predicted octanol–water partition coefficient (Wildman–Crippen LogP) is 8.07. The van der Waals surface area contributed by atoms with Crippen molar-refractivity contribution < 1.29 is 0 Å². The zero-order chi connectivity index (χ0) is 18.9. The maximum absolute atomic E-state index is 3.99. The quantitative estimate of drug-likeness (QED) is 0.316. The average molecular weight is 344 g/mol. The third-order valence-electron chi connectivity index (χ3n) is 4.27. The lowest BCUT2D eigenvalue weighted by atomic mass is 9.99. The van der Waals surface area contributed by atoms with Crippen molar-refractivity contribution >= 4 is 5.69 Å². The van der Waals surface area contributed by atoms with E-state index in [1.807, 2.05) is 19.1 Å². The lowest BCUT2D eigenvalue weighted by Crippen LogP contribution is -1.99. The summed E-state index contributed by atoms with van der Waals surface area (Å²) in [6.45, 7) is 14.9. The zero-order valence-electron chi connectivity index (χ0n) is 17.5. The Morgan fingerprint density at radius 3 is 2.04 bits per heavy atom. The fourth-order valence-corrected chi connectivity index (χ4v) is 2.78. The summed E-state index contributed by atoms with van der Waals surface area (Å²) in [6.07, 6.45) is 15.7. The minimum absolute atomic E-state index is 0.936. The van der Waals surface area contributed by atoms with E-state index in [0.717, 1.165) is 17.8 Å². The van der Waals surface area contributed by atoms with Gasteiger partial charge in [-0.05, 0) is 55.5 Å². The van der Waals surface area contributed by atoms with Crippen molar-refractivity contribution in [3.63, 3.8) is 0 Å². The van der Waals surface area contributed by atoms with Gasteiger partial charge in [-0.3, -0.25) is 0 Å². The van der Waals surface area contributed by atoms with Crippen LogP contribution in [0.25, 0.3) is 0 Å². The first-order valence-electron chi connectivity index (χ1n) is 10.3. The van der Waals surface area contributed by atoms with E-state index in [1.54, 1.807) is 0 Å². The summed E-state index contributed by atoms with van der Waals surface area (Å²) in [4.78, 5) is 0. The van der Waals surface area contributed by atoms with Crippen LogP contribution in [0.4, 0.5) is 5.69 Å². The third kappa shape index (κ3) is 11.6. The van der Waals surface area contributed by atoms with Crippen LogP contribution in [0.5, 0.6) is 0 Å². The fourth-order valence-electron chi connectivity index (χ4n) is 2.78. The van der Waals surface area contributed by atoms with Gasteiger partial charge in [-0.2, -0.15) is 0 Å². The summed E-state index contributed by atoms with van der Waals surface area (Å²) in [5.41, 5.74) is 5.03. The Labute approximate surface area is 157 Å². The van der Waals surface area contributed by atoms with E-state index < -0.39 is 0 Å². The highest BCUT2D eigenvalue weighted by molar-refractivity contribution is 5.53. The molecule has 0 spiro atoms. The number of anilines is 1. The second-order valence-electron chi connectivity index (χ2n) is 6.65. The van der Waals surface area contributed by atoms with E-state index in [-0.39, 0.29) is 0 Å². The number of rotatable bonds is 11. The van der Waals surface area contributed by atoms with Crippen LogP contribution in [0.3, 0.4) is 0 Å². The van der Waals surface area contributed by atoms with E-state index in [1.165, 1.54) is 62.5 Å². The molecule has 1 rings (SSSR count). The van der Waals surface area contributed by atoms with Crippen molar-refractivity contribution in [3.8, 4) is 0 Å². The first-order valence-corrected chi connectivity index (χ1v) is 10.3. The molecule has 0 unspecified atom stereocenters. The largest absolute Gasteiger partial charge is 0.356 e. The highest BCUT2D eigenvalue weighted by Gasteiger charge is 2.03. The van der Waals surface area contributed by atoms with Gasteiger partial charge >= 0.3 is 0 Å². The average Bonchev–Trinajstić information content (AvgIpc) is 2.61. The minimum atomic E-state index is 0.936. The SMILES string of the molecule is C=C(/C=C/C)Nc1ccc(CC)c(CCCCC)c1.CCCCCC. The van der Waals surface area contributed by atoms with E-state index >= 15 is 0 Å². The Morgan fingerprint density at radius 1 is 0.920 bits per heavy atom. The van der Waals surface area contributed by atoms with Crippen LogP contribution in [-0.2, 0) is 12.8 Å². The third-order valence-corrected chi connectivity index (χ3v) is 4.27. The van der Waals surface area contributed by atoms with E-state index in [9.17, 15) is 0 Å². The van der Waals surface area contributed by atoms with Crippen LogP contribution < -0.4 is 5.32 Å². The maximum Gasteiger partial charge on any atom is 0.0387 e. The monoisotopic (exact) mass is 343 g/mol. The second-order valence-corrected chi connectivity index (χ2v) is 6.65. The van der Waals surface area contributed by atoms with Crippen molar-refractivity contribution in [2.75, 3.05) is 5.32 Å². The Kier molecular flexibility index (Phi) is 15.0. The number of aryl methyl sites for hydroxylation is 2. The predicted molar refractivity (Wildman–Crippen MR) is 116 cm³/mol. The topological polar surface area (TPSA) is 12.0 Å². The molecule has 25 heavy (non-hydrogen) atoms. The van der Waals surface area contributed by atoms with Crippen LogP contribution in [0.2, 0.25) is 0 Å². The highest BCUT2D eigenvalue weighted by atomic mass is 14.9. The minimum Gasteiger partial charge on any atom is -0.356 e. The molecule has 0 aromatic heterocycles. The van der Waals surface area contributed by atoms with Gasteiger partial charge in [0.15, 0.2) is 0 Å². The number of benzene rings is 1. The van der Waals surface area contributed by atoms with E-state index in [4.69, 9.17) is 0 Å². The van der Waals surface area contributed by atoms with Crippen molar-refractivity contribution in [1.82, 2.24) is 0 Å². The number of allylic oxidation sites excluding steroid dienone is 2. The summed E-state index contributed by atoms with van der Waals surface area (Å²) >= 11 is 0. The molecule has 0 bridgehead atoms. The molecule has 0 aliphatic carbocycles. The van der Waals surface area contributed by atoms with Gasteiger partial charge in [0, 0.05) is 11.4 Å². The molecule has 0 aliphatic rings. The number of hydrogen-bond acceptors (Lipinski definition) is 1. The van der Waals surface area contributed by atoms with Crippen LogP contribution in [0, 0.1) is 0 Å². The van der Waals surface area contributed by atoms with E-state index in [0.29, 0.717) is 0 Å². The molecular formula is C24H41N. The second kappa shape index (κ2) is 16.0. The van der Waals surface area contributed by atoms with Crippen molar-refractivity contribution in [2.45, 2.75) is 92.4 Å². The molecule has 0 radical (unpaired) electrons. The van der Waals surface area contributed by atoms with Crippen molar-refractivity contribution in [1.29, 1.82) is 0 Å². The lowest BCUT2D eigenvalue weighted by molar-refractivity contribution is 0.702. The number of hydrogen-bond donors (Lipinski definition) is 1. The first-order chi connectivity index (χ1) is 12.1. The highest BCUT2D eigenvalue weighted by Crippen LogP contribution is 2.20. The fraction of sp³-hybridized carbons (Fsp3) is 0.583. The summed E-state index contributed by atoms with van der Waals surface area (Å²) in [5.74, 6) is 0. The van der Waals surface area contributed by atoms with Crippen molar-refractivity contribution in [3.05, 3.63) is 53.8 Å². The maximum atomic E-state index is 3.99. The van der Waals surface area contributed by atoms with Crippen LogP contribution in [-0.4, -0.2) is 0 Å². The molecule has 0 heterocycles. The van der Waals surface area contributed by atoms with Crippen LogP contribution >= 0.6 is 0 Å². The molecular weight excluding hydrogens is 302 g/mol. The van der Waals surface area contributed by atoms with Gasteiger partial charge < -0.3 is 5.32 Å². The van der Waals surface area contributed by atoms with Gasteiger partial charge in [-0.15, -0.1) is 0 Å². The molecule has 0 fully saturated rings. The number of unbranched alkanes of at least 4 members (excludes halogenated alkanes) is 5. The summed E-state index contributed by atoms with van der Waals surface area (Å²) in [6, 6.07) is 6.67. The Morgan fingerprint density at radius 2 is 1.52 bits per heavy atom. The first kappa shape index (κ1) is 23.5. The Hall–Kier alpha value is -1.50. The van der Waals surface area contributed by atoms with Gasteiger partial charge in [-0.25, -0.2) is 0 Å². The standard InChI is InChI=1S/C18H27N.C6H14/c1-5-8-9-11-17-14-18(13-12-16(17)7-3)19-15(4)10-6-2;1-3-5-6-4-2/h6,10,12-14,19H,4-5,7-9,11H2,1-3H3;3-6H2,1-2H3/b10-6+;. The molecule has 0 amide bonds. The smallest absolute Gasteiger partial charge is 0.0387 e. The summed E-state index contributed by atoms with van der Waals surface area (Å²) in [7, 11) is 0. The van der Waals surface area contributed by atoms with Gasteiger partial charge in [-0.1, -0.05) is 84.9 Å². The van der Waals surface area contributed by atoms with Crippen LogP contribution in [0.15, 0.2) is 42.6 Å².